The number of carbonyl (C=O) groups is 4. The van der Waals surface area contributed by atoms with Crippen molar-refractivity contribution in [2.75, 3.05) is 9.80 Å². The van der Waals surface area contributed by atoms with E-state index in [1.165, 1.54) is 9.80 Å². The highest BCUT2D eigenvalue weighted by Crippen LogP contribution is 2.65. The van der Waals surface area contributed by atoms with E-state index in [1.54, 1.807) is 61.5 Å². The Labute approximate surface area is 289 Å². The molecule has 0 unspecified atom stereocenters. The second kappa shape index (κ2) is 11.4. The van der Waals surface area contributed by atoms with Crippen LogP contribution in [0.5, 0.6) is 5.75 Å². The molecule has 0 bridgehead atoms. The molecule has 49 heavy (non-hydrogen) atoms. The van der Waals surface area contributed by atoms with Crippen molar-refractivity contribution in [3.05, 3.63) is 143 Å². The molecule has 4 aromatic rings. The van der Waals surface area contributed by atoms with Gasteiger partial charge in [0.25, 0.3) is 0 Å². The second-order valence-electron chi connectivity index (χ2n) is 13.4. The third-order valence-corrected chi connectivity index (χ3v) is 11.4. The minimum Gasteiger partial charge on any atom is -0.507 e. The van der Waals surface area contributed by atoms with Gasteiger partial charge in [0.05, 0.1) is 34.5 Å². The van der Waals surface area contributed by atoms with Crippen LogP contribution in [0, 0.1) is 30.6 Å². The van der Waals surface area contributed by atoms with Gasteiger partial charge in [0.15, 0.2) is 0 Å². The van der Waals surface area contributed by atoms with Crippen molar-refractivity contribution >= 4 is 52.7 Å². The zero-order valence-corrected chi connectivity index (χ0v) is 27.5. The second-order valence-corrected chi connectivity index (χ2v) is 13.9. The lowest BCUT2D eigenvalue weighted by Gasteiger charge is -2.50. The number of hydrogen-bond acceptors (Lipinski definition) is 5. The number of phenols is 1. The number of carbonyl (C=O) groups excluding carboxylic acids is 4. The van der Waals surface area contributed by atoms with Gasteiger partial charge in [-0.25, -0.2) is 4.90 Å². The smallest absolute Gasteiger partial charge is 0.246 e. The SMILES string of the molecule is C=Cc1ccc(N2C(=O)[C@H]3[C@H](CC=C4[C@H]3C[C@H]3C(=O)N(c5cccc(Cl)c5)C(=O)[C@@]3(c3ccccc3)[C@H]4c3cccc(C)c3O)C2=O)cc1. The first-order valence-electron chi connectivity index (χ1n) is 16.5. The molecule has 2 aliphatic carbocycles. The molecule has 2 saturated heterocycles. The molecule has 4 amide bonds. The Hall–Kier alpha value is -5.27. The number of para-hydroxylation sites is 1. The van der Waals surface area contributed by atoms with Crippen molar-refractivity contribution in [3.8, 4) is 5.75 Å². The zero-order valence-electron chi connectivity index (χ0n) is 26.8. The standard InChI is InChI=1S/C41H33ClN2O5/c1-3-24-15-17-27(18-16-24)43-37(46)30-20-19-29-32(34(30)39(43)48)22-33-38(47)44(28-13-8-12-26(42)21-28)40(49)41(33,25-10-5-4-6-11-25)35(29)31-14-7-9-23(2)36(31)45/h3-19,21,30,32-35,45H,1,20,22H2,2H3/t30-,32+,33-,34-,35+,41+/m0/s1. The molecule has 244 valence electrons. The molecule has 4 aromatic carbocycles. The topological polar surface area (TPSA) is 95.0 Å². The van der Waals surface area contributed by atoms with Crippen molar-refractivity contribution in [1.82, 2.24) is 0 Å². The summed E-state index contributed by atoms with van der Waals surface area (Å²) in [6, 6.07) is 28.5. The van der Waals surface area contributed by atoms with Crippen LogP contribution in [0.2, 0.25) is 5.02 Å². The van der Waals surface area contributed by atoms with Gasteiger partial charge < -0.3 is 5.11 Å². The largest absolute Gasteiger partial charge is 0.507 e. The lowest BCUT2D eigenvalue weighted by molar-refractivity contribution is -0.127. The van der Waals surface area contributed by atoms with Gasteiger partial charge in [-0.05, 0) is 72.7 Å². The number of imide groups is 2. The van der Waals surface area contributed by atoms with E-state index in [0.29, 0.717) is 39.5 Å². The van der Waals surface area contributed by atoms with Crippen LogP contribution in [0.15, 0.2) is 115 Å². The third-order valence-electron chi connectivity index (χ3n) is 11.1. The Morgan fingerprint density at radius 2 is 1.55 bits per heavy atom. The lowest BCUT2D eigenvalue weighted by Crippen LogP contribution is -2.53. The number of anilines is 2. The van der Waals surface area contributed by atoms with Gasteiger partial charge in [-0.2, -0.15) is 0 Å². The zero-order chi connectivity index (χ0) is 34.2. The number of phenolic OH excluding ortho intramolecular Hbond substituents is 1. The molecule has 1 saturated carbocycles. The van der Waals surface area contributed by atoms with Gasteiger partial charge >= 0.3 is 0 Å². The number of benzene rings is 4. The molecule has 8 rings (SSSR count). The van der Waals surface area contributed by atoms with Crippen LogP contribution in [0.25, 0.3) is 6.08 Å². The first-order valence-corrected chi connectivity index (χ1v) is 16.8. The number of fused-ring (bicyclic) bond motifs is 4. The molecule has 0 spiro atoms. The molecule has 0 aromatic heterocycles. The van der Waals surface area contributed by atoms with Gasteiger partial charge in [-0.3, -0.25) is 24.1 Å². The normalized spacial score (nSPS) is 27.5. The van der Waals surface area contributed by atoms with Gasteiger partial charge in [-0.1, -0.05) is 103 Å². The maximum atomic E-state index is 15.3. The van der Waals surface area contributed by atoms with Crippen LogP contribution in [0.3, 0.4) is 0 Å². The van der Waals surface area contributed by atoms with Crippen LogP contribution < -0.4 is 9.80 Å². The number of amides is 4. The van der Waals surface area contributed by atoms with Crippen LogP contribution in [0.1, 0.15) is 41.0 Å². The van der Waals surface area contributed by atoms with Crippen LogP contribution in [-0.4, -0.2) is 28.7 Å². The van der Waals surface area contributed by atoms with Gasteiger partial charge in [0.1, 0.15) is 5.75 Å². The van der Waals surface area contributed by atoms with Crippen LogP contribution in [0.4, 0.5) is 11.4 Å². The predicted octanol–water partition coefficient (Wildman–Crippen LogP) is 7.36. The van der Waals surface area contributed by atoms with E-state index >= 15 is 4.79 Å². The number of hydrogen-bond donors (Lipinski definition) is 1. The lowest BCUT2D eigenvalue weighted by atomic mass is 9.49. The summed E-state index contributed by atoms with van der Waals surface area (Å²) in [6.07, 6.45) is 4.16. The summed E-state index contributed by atoms with van der Waals surface area (Å²) in [5.74, 6) is -4.98. The van der Waals surface area contributed by atoms with Gasteiger partial charge in [0, 0.05) is 16.5 Å². The van der Waals surface area contributed by atoms with E-state index in [0.717, 1.165) is 11.1 Å². The summed E-state index contributed by atoms with van der Waals surface area (Å²) in [5.41, 5.74) is 2.82. The van der Waals surface area contributed by atoms with Crippen molar-refractivity contribution in [2.24, 2.45) is 23.7 Å². The Bertz CT molecular complexity index is 2110. The molecule has 2 aliphatic heterocycles. The van der Waals surface area contributed by atoms with Crippen molar-refractivity contribution < 1.29 is 24.3 Å². The van der Waals surface area contributed by atoms with E-state index in [9.17, 15) is 19.5 Å². The maximum Gasteiger partial charge on any atom is 0.246 e. The Morgan fingerprint density at radius 3 is 2.27 bits per heavy atom. The summed E-state index contributed by atoms with van der Waals surface area (Å²) < 4.78 is 0. The van der Waals surface area contributed by atoms with Crippen molar-refractivity contribution in [1.29, 1.82) is 0 Å². The molecule has 6 atom stereocenters. The highest BCUT2D eigenvalue weighted by molar-refractivity contribution is 6.32. The number of aromatic hydroxyl groups is 1. The molecule has 8 heteroatoms. The Morgan fingerprint density at radius 1 is 0.816 bits per heavy atom. The summed E-state index contributed by atoms with van der Waals surface area (Å²) >= 11 is 6.39. The molecule has 7 nitrogen and oxygen atoms in total. The number of aryl methyl sites for hydroxylation is 1. The van der Waals surface area contributed by atoms with Crippen LogP contribution in [-0.2, 0) is 24.6 Å². The first-order chi connectivity index (χ1) is 23.7. The fourth-order valence-electron chi connectivity index (χ4n) is 9.02. The number of rotatable bonds is 5. The van der Waals surface area contributed by atoms with E-state index in [-0.39, 0.29) is 24.0 Å². The quantitative estimate of drug-likeness (QED) is 0.177. The highest BCUT2D eigenvalue weighted by Gasteiger charge is 2.70. The Kier molecular flexibility index (Phi) is 7.23. The van der Waals surface area contributed by atoms with Crippen molar-refractivity contribution in [3.63, 3.8) is 0 Å². The molecular weight excluding hydrogens is 636 g/mol. The average molecular weight is 669 g/mol. The monoisotopic (exact) mass is 668 g/mol. The minimum atomic E-state index is -1.45. The minimum absolute atomic E-state index is 0.0319. The van der Waals surface area contributed by atoms with E-state index in [2.05, 4.69) is 6.58 Å². The number of halogens is 1. The highest BCUT2D eigenvalue weighted by atomic mass is 35.5. The molecular formula is C41H33ClN2O5. The van der Waals surface area contributed by atoms with E-state index < -0.39 is 46.8 Å². The summed E-state index contributed by atoms with van der Waals surface area (Å²) in [4.78, 5) is 61.1. The average Bonchev–Trinajstić information content (AvgIpc) is 3.50. The third kappa shape index (κ3) is 4.34. The van der Waals surface area contributed by atoms with Gasteiger partial charge in [-0.15, -0.1) is 0 Å². The van der Waals surface area contributed by atoms with E-state index in [1.807, 2.05) is 54.6 Å². The maximum absolute atomic E-state index is 15.3. The molecule has 2 heterocycles. The van der Waals surface area contributed by atoms with Gasteiger partial charge in [0.2, 0.25) is 23.6 Å². The molecule has 3 fully saturated rings. The number of allylic oxidation sites excluding steroid dienone is 2. The fourth-order valence-corrected chi connectivity index (χ4v) is 9.20. The summed E-state index contributed by atoms with van der Waals surface area (Å²) in [7, 11) is 0. The first kappa shape index (κ1) is 31.0. The number of nitrogens with zero attached hydrogens (tertiary/aromatic N) is 2. The fraction of sp³-hybridized carbons (Fsp3) is 0.220. The molecule has 0 radical (unpaired) electrons. The van der Waals surface area contributed by atoms with Crippen molar-refractivity contribution in [2.45, 2.75) is 31.1 Å². The van der Waals surface area contributed by atoms with Crippen LogP contribution >= 0.6 is 11.6 Å². The summed E-state index contributed by atoms with van der Waals surface area (Å²) in [5, 5.41) is 12.1. The molecule has 4 aliphatic rings. The predicted molar refractivity (Wildman–Crippen MR) is 188 cm³/mol. The van der Waals surface area contributed by atoms with E-state index in [4.69, 9.17) is 11.6 Å². The molecule has 1 N–H and O–H groups in total. The summed E-state index contributed by atoms with van der Waals surface area (Å²) in [6.45, 7) is 5.59. The Balaban J connectivity index is 1.35.